The first-order chi connectivity index (χ1) is 13.0. The summed E-state index contributed by atoms with van der Waals surface area (Å²) in [5.74, 6) is 6.13. The molecule has 2 heterocycles. The summed E-state index contributed by atoms with van der Waals surface area (Å²) in [7, 11) is 0. The number of pyridine rings is 1. The lowest BCUT2D eigenvalue weighted by Crippen LogP contribution is -2.26. The Hall–Kier alpha value is -3.33. The van der Waals surface area contributed by atoms with Crippen LogP contribution >= 0.6 is 0 Å². The summed E-state index contributed by atoms with van der Waals surface area (Å²) < 4.78 is 2.12. The summed E-state index contributed by atoms with van der Waals surface area (Å²) >= 11 is 0. The van der Waals surface area contributed by atoms with E-state index >= 15 is 0 Å². The topological polar surface area (TPSA) is 84.3 Å². The molecule has 0 amide bonds. The van der Waals surface area contributed by atoms with Gasteiger partial charge in [0.15, 0.2) is 0 Å². The van der Waals surface area contributed by atoms with Crippen molar-refractivity contribution in [2.45, 2.75) is 12.5 Å². The van der Waals surface area contributed by atoms with Gasteiger partial charge >= 0.3 is 0 Å². The predicted octanol–water partition coefficient (Wildman–Crippen LogP) is 2.86. The molecule has 4 aromatic rings. The molecular weight excluding hydrogens is 338 g/mol. The number of hydrogen-bond acceptors (Lipinski definition) is 4. The fourth-order valence-electron chi connectivity index (χ4n) is 3.19. The first kappa shape index (κ1) is 17.1. The third kappa shape index (κ3) is 3.02. The van der Waals surface area contributed by atoms with Crippen molar-refractivity contribution in [1.82, 2.24) is 9.55 Å². The Kier molecular flexibility index (Phi) is 4.08. The molecule has 0 aliphatic rings. The number of anilines is 1. The third-order valence-corrected chi connectivity index (χ3v) is 4.50. The second kappa shape index (κ2) is 6.44. The number of benzene rings is 2. The van der Waals surface area contributed by atoms with E-state index < -0.39 is 12.2 Å². The summed E-state index contributed by atoms with van der Waals surface area (Å²) in [4.78, 5) is 4.24. The minimum absolute atomic E-state index is 0.418. The van der Waals surface area contributed by atoms with Gasteiger partial charge in [0.2, 0.25) is 0 Å². The molecule has 0 fully saturated rings. The molecule has 4 N–H and O–H groups in total. The van der Waals surface area contributed by atoms with Crippen molar-refractivity contribution in [3.63, 3.8) is 0 Å². The highest BCUT2D eigenvalue weighted by Gasteiger charge is 2.15. The Bertz CT molecular complexity index is 1210. The Labute approximate surface area is 156 Å². The van der Waals surface area contributed by atoms with Crippen LogP contribution in [0.1, 0.15) is 12.5 Å². The molecule has 0 aliphatic heterocycles. The van der Waals surface area contributed by atoms with E-state index in [2.05, 4.69) is 21.4 Å². The average Bonchev–Trinajstić information content (AvgIpc) is 3.02. The van der Waals surface area contributed by atoms with Gasteiger partial charge in [0.05, 0.1) is 23.0 Å². The number of nitrogens with two attached hydrogens (primary N) is 1. The van der Waals surface area contributed by atoms with E-state index in [0.29, 0.717) is 5.82 Å². The van der Waals surface area contributed by atoms with Crippen LogP contribution in [0.2, 0.25) is 0 Å². The van der Waals surface area contributed by atoms with E-state index in [1.807, 2.05) is 54.6 Å². The molecule has 1 unspecified atom stereocenters. The van der Waals surface area contributed by atoms with Crippen LogP contribution in [0.3, 0.4) is 0 Å². The molecule has 0 saturated heterocycles. The largest absolute Gasteiger partial charge is 0.392 e. The second-order valence-corrected chi connectivity index (χ2v) is 6.68. The lowest BCUT2D eigenvalue weighted by Gasteiger charge is -2.11. The number of nitrogens with zero attached hydrogens (tertiary/aromatic N) is 2. The minimum Gasteiger partial charge on any atom is -0.392 e. The van der Waals surface area contributed by atoms with Crippen LogP contribution in [0.5, 0.6) is 0 Å². The maximum absolute atomic E-state index is 9.90. The smallest absolute Gasteiger partial charge is 0.145 e. The van der Waals surface area contributed by atoms with Crippen molar-refractivity contribution in [3.8, 4) is 17.5 Å². The third-order valence-electron chi connectivity index (χ3n) is 4.50. The van der Waals surface area contributed by atoms with Crippen molar-refractivity contribution in [1.29, 1.82) is 0 Å². The Morgan fingerprint density at radius 1 is 1.11 bits per heavy atom. The molecule has 5 nitrogen and oxygen atoms in total. The number of aliphatic hydroxyl groups is 2. The number of rotatable bonds is 2. The maximum Gasteiger partial charge on any atom is 0.145 e. The monoisotopic (exact) mass is 357 g/mol. The van der Waals surface area contributed by atoms with Crippen molar-refractivity contribution >= 4 is 27.6 Å². The second-order valence-electron chi connectivity index (χ2n) is 6.68. The zero-order valence-corrected chi connectivity index (χ0v) is 14.8. The van der Waals surface area contributed by atoms with E-state index in [1.54, 1.807) is 6.20 Å². The van der Waals surface area contributed by atoms with E-state index in [9.17, 15) is 5.11 Å². The van der Waals surface area contributed by atoms with Crippen molar-refractivity contribution in [2.24, 2.45) is 0 Å². The molecule has 0 aliphatic carbocycles. The summed E-state index contributed by atoms with van der Waals surface area (Å²) in [6.45, 7) is 1.06. The van der Waals surface area contributed by atoms with Gasteiger partial charge in [0.1, 0.15) is 11.4 Å². The molecule has 2 aromatic heterocycles. The van der Waals surface area contributed by atoms with Crippen LogP contribution in [-0.4, -0.2) is 32.0 Å². The maximum atomic E-state index is 9.90. The Morgan fingerprint density at radius 3 is 2.74 bits per heavy atom. The van der Waals surface area contributed by atoms with Crippen LogP contribution in [-0.2, 0) is 0 Å². The summed E-state index contributed by atoms with van der Waals surface area (Å²) in [6, 6.07) is 17.7. The van der Waals surface area contributed by atoms with Crippen LogP contribution in [0.15, 0.2) is 60.8 Å². The lowest BCUT2D eigenvalue weighted by molar-refractivity contribution is 0.0519. The van der Waals surface area contributed by atoms with E-state index in [0.717, 1.165) is 33.1 Å². The van der Waals surface area contributed by atoms with E-state index in [4.69, 9.17) is 10.8 Å². The summed E-state index contributed by atoms with van der Waals surface area (Å²) in [5, 5.41) is 21.0. The molecule has 0 bridgehead atoms. The van der Waals surface area contributed by atoms with E-state index in [1.165, 1.54) is 6.92 Å². The number of fused-ring (bicyclic) bond motifs is 3. The number of nitrogen functional groups attached to an aromatic ring is 1. The molecule has 0 radical (unpaired) electrons. The normalized spacial score (nSPS) is 13.3. The van der Waals surface area contributed by atoms with Gasteiger partial charge in [-0.3, -0.25) is 0 Å². The molecule has 1 atom stereocenters. The predicted molar refractivity (Wildman–Crippen MR) is 108 cm³/mol. The fourth-order valence-corrected chi connectivity index (χ4v) is 3.19. The molecule has 134 valence electrons. The molecule has 0 spiro atoms. The van der Waals surface area contributed by atoms with Gasteiger partial charge in [-0.05, 0) is 37.3 Å². The zero-order valence-electron chi connectivity index (χ0n) is 14.8. The van der Waals surface area contributed by atoms with Crippen LogP contribution in [0, 0.1) is 11.8 Å². The van der Waals surface area contributed by atoms with Gasteiger partial charge in [-0.15, -0.1) is 0 Å². The zero-order chi connectivity index (χ0) is 19.0. The molecule has 4 rings (SSSR count). The SMILES string of the molecule is CC(O)(C#Cc1cccc(-n2c3ccccc3c3c(N)nccc32)c1)CO. The first-order valence-electron chi connectivity index (χ1n) is 8.61. The Balaban J connectivity index is 1.95. The summed E-state index contributed by atoms with van der Waals surface area (Å²) in [6.07, 6.45) is 1.70. The standard InChI is InChI=1S/C22H19N3O2/c1-22(27,14-26)11-9-15-5-4-6-16(13-15)25-18-8-3-2-7-17(18)20-19(25)10-12-24-21(20)23/h2-8,10,12-13,26-27H,14H2,1H3,(H2,23,24). The molecule has 27 heavy (non-hydrogen) atoms. The summed E-state index contributed by atoms with van der Waals surface area (Å²) in [5.41, 5.74) is 8.40. The van der Waals surface area contributed by atoms with Gasteiger partial charge in [-0.25, -0.2) is 4.98 Å². The number of aromatic nitrogens is 2. The molecular formula is C22H19N3O2. The van der Waals surface area contributed by atoms with Gasteiger partial charge in [-0.1, -0.05) is 36.1 Å². The highest BCUT2D eigenvalue weighted by Crippen LogP contribution is 2.34. The number of para-hydroxylation sites is 1. The van der Waals surface area contributed by atoms with Crippen molar-refractivity contribution < 1.29 is 10.2 Å². The van der Waals surface area contributed by atoms with Gasteiger partial charge in [0.25, 0.3) is 0 Å². The number of aliphatic hydroxyl groups excluding tert-OH is 1. The van der Waals surface area contributed by atoms with Crippen LogP contribution in [0.25, 0.3) is 27.5 Å². The van der Waals surface area contributed by atoms with Gasteiger partial charge < -0.3 is 20.5 Å². The van der Waals surface area contributed by atoms with Crippen molar-refractivity contribution in [2.75, 3.05) is 12.3 Å². The lowest BCUT2D eigenvalue weighted by atomic mass is 10.1. The quantitative estimate of drug-likeness (QED) is 0.482. The number of hydrogen-bond donors (Lipinski definition) is 3. The van der Waals surface area contributed by atoms with Gasteiger partial charge in [0, 0.05) is 22.8 Å². The molecule has 5 heteroatoms. The first-order valence-corrected chi connectivity index (χ1v) is 8.61. The van der Waals surface area contributed by atoms with Crippen molar-refractivity contribution in [3.05, 3.63) is 66.4 Å². The highest BCUT2D eigenvalue weighted by molar-refractivity contribution is 6.13. The average molecular weight is 357 g/mol. The molecule has 2 aromatic carbocycles. The van der Waals surface area contributed by atoms with Gasteiger partial charge in [-0.2, -0.15) is 0 Å². The fraction of sp³-hybridized carbons (Fsp3) is 0.136. The molecule has 0 saturated carbocycles. The minimum atomic E-state index is -1.43. The van der Waals surface area contributed by atoms with E-state index in [-0.39, 0.29) is 0 Å². The van der Waals surface area contributed by atoms with Crippen LogP contribution < -0.4 is 5.73 Å². The highest BCUT2D eigenvalue weighted by atomic mass is 16.3. The Morgan fingerprint density at radius 2 is 1.93 bits per heavy atom. The van der Waals surface area contributed by atoms with Crippen LogP contribution in [0.4, 0.5) is 5.82 Å².